The van der Waals surface area contributed by atoms with Gasteiger partial charge in [-0.05, 0) is 38.6 Å². The van der Waals surface area contributed by atoms with Gasteiger partial charge in [0.25, 0.3) is 0 Å². The van der Waals surface area contributed by atoms with E-state index in [1.165, 1.54) is 6.07 Å². The molecule has 5 nitrogen and oxygen atoms in total. The molecule has 18 heavy (non-hydrogen) atoms. The van der Waals surface area contributed by atoms with E-state index in [9.17, 15) is 8.42 Å². The fourth-order valence-electron chi connectivity index (χ4n) is 2.10. The summed E-state index contributed by atoms with van der Waals surface area (Å²) in [5, 5.41) is 8.94. The Morgan fingerprint density at radius 1 is 1.56 bits per heavy atom. The summed E-state index contributed by atoms with van der Waals surface area (Å²) in [5.41, 5.74) is 0. The van der Waals surface area contributed by atoms with Crippen LogP contribution in [-0.4, -0.2) is 44.6 Å². The highest BCUT2D eigenvalue weighted by Crippen LogP contribution is 2.22. The highest BCUT2D eigenvalue weighted by atomic mass is 32.2. The number of sulfonamides is 1. The number of rotatable bonds is 5. The van der Waals surface area contributed by atoms with Crippen molar-refractivity contribution in [3.8, 4) is 0 Å². The normalized spacial score (nSPS) is 21.6. The van der Waals surface area contributed by atoms with Gasteiger partial charge in [0.05, 0.1) is 6.61 Å². The topological polar surface area (TPSA) is 69.6 Å². The van der Waals surface area contributed by atoms with E-state index < -0.39 is 10.0 Å². The monoisotopic (exact) mass is 290 g/mol. The minimum Gasteiger partial charge on any atom is -0.391 e. The molecule has 2 N–H and O–H groups in total. The number of hydrogen-bond donors (Lipinski definition) is 2. The molecule has 0 amide bonds. The van der Waals surface area contributed by atoms with Gasteiger partial charge in [-0.25, -0.2) is 13.1 Å². The Kier molecular flexibility index (Phi) is 4.39. The van der Waals surface area contributed by atoms with Gasteiger partial charge < -0.3 is 10.0 Å². The molecular formula is C11H18N2O3S2. The summed E-state index contributed by atoms with van der Waals surface area (Å²) in [4.78, 5) is 2.84. The first kappa shape index (κ1) is 14.0. The Morgan fingerprint density at radius 2 is 2.33 bits per heavy atom. The molecule has 0 bridgehead atoms. The van der Waals surface area contributed by atoms with E-state index in [1.807, 2.05) is 7.05 Å². The predicted octanol–water partition coefficient (Wildman–Crippen LogP) is 0.613. The second-order valence-corrected chi connectivity index (χ2v) is 7.67. The maximum atomic E-state index is 12.0. The Bertz CT molecular complexity index is 498. The van der Waals surface area contributed by atoms with Crippen LogP contribution >= 0.6 is 11.3 Å². The van der Waals surface area contributed by atoms with Crippen LogP contribution in [0.25, 0.3) is 0 Å². The highest BCUT2D eigenvalue weighted by Gasteiger charge is 2.24. The zero-order valence-electron chi connectivity index (χ0n) is 10.3. The molecule has 1 aromatic rings. The molecule has 0 radical (unpaired) electrons. The van der Waals surface area contributed by atoms with Gasteiger partial charge in [0.1, 0.15) is 4.21 Å². The van der Waals surface area contributed by atoms with Crippen LogP contribution < -0.4 is 4.72 Å². The second-order valence-electron chi connectivity index (χ2n) is 4.51. The Balaban J connectivity index is 1.98. The average Bonchev–Trinajstić information content (AvgIpc) is 2.95. The van der Waals surface area contributed by atoms with Crippen molar-refractivity contribution in [3.63, 3.8) is 0 Å². The number of thiophene rings is 1. The van der Waals surface area contributed by atoms with Crippen molar-refractivity contribution in [2.24, 2.45) is 0 Å². The number of nitrogens with zero attached hydrogens (tertiary/aromatic N) is 1. The molecule has 0 saturated carbocycles. The van der Waals surface area contributed by atoms with Gasteiger partial charge in [-0.15, -0.1) is 11.3 Å². The van der Waals surface area contributed by atoms with E-state index >= 15 is 0 Å². The smallest absolute Gasteiger partial charge is 0.250 e. The minimum atomic E-state index is -3.43. The number of nitrogens with one attached hydrogen (secondary N) is 1. The van der Waals surface area contributed by atoms with Gasteiger partial charge in [-0.1, -0.05) is 0 Å². The molecule has 1 fully saturated rings. The number of aliphatic hydroxyl groups is 1. The van der Waals surface area contributed by atoms with Crippen molar-refractivity contribution in [2.75, 3.05) is 20.1 Å². The van der Waals surface area contributed by atoms with Crippen molar-refractivity contribution >= 4 is 21.4 Å². The van der Waals surface area contributed by atoms with Crippen LogP contribution in [0.3, 0.4) is 0 Å². The van der Waals surface area contributed by atoms with Crippen molar-refractivity contribution in [3.05, 3.63) is 17.0 Å². The number of likely N-dealkylation sites (N-methyl/N-ethyl adjacent to an activating group) is 1. The maximum Gasteiger partial charge on any atom is 0.250 e. The first-order valence-electron chi connectivity index (χ1n) is 5.92. The lowest BCUT2D eigenvalue weighted by Crippen LogP contribution is -2.37. The number of aliphatic hydroxyl groups excluding tert-OH is 1. The third kappa shape index (κ3) is 3.10. The number of hydrogen-bond acceptors (Lipinski definition) is 5. The van der Waals surface area contributed by atoms with E-state index in [4.69, 9.17) is 5.11 Å². The summed E-state index contributed by atoms with van der Waals surface area (Å²) < 4.78 is 27.0. The third-order valence-corrected chi connectivity index (χ3v) is 6.22. The minimum absolute atomic E-state index is 0.119. The Hall–Kier alpha value is -0.470. The fraction of sp³-hybridized carbons (Fsp3) is 0.636. The van der Waals surface area contributed by atoms with Crippen LogP contribution in [0.4, 0.5) is 0 Å². The summed E-state index contributed by atoms with van der Waals surface area (Å²) in [6, 6.07) is 3.47. The van der Waals surface area contributed by atoms with Crippen molar-refractivity contribution in [1.82, 2.24) is 9.62 Å². The molecule has 1 saturated heterocycles. The summed E-state index contributed by atoms with van der Waals surface area (Å²) in [6.07, 6.45) is 2.15. The highest BCUT2D eigenvalue weighted by molar-refractivity contribution is 7.91. The van der Waals surface area contributed by atoms with Crippen LogP contribution in [0.15, 0.2) is 16.3 Å². The fourth-order valence-corrected chi connectivity index (χ4v) is 4.43. The zero-order valence-corrected chi connectivity index (χ0v) is 11.9. The summed E-state index contributed by atoms with van der Waals surface area (Å²) >= 11 is 1.11. The Morgan fingerprint density at radius 3 is 2.89 bits per heavy atom. The summed E-state index contributed by atoms with van der Waals surface area (Å²) in [7, 11) is -1.41. The lowest BCUT2D eigenvalue weighted by Gasteiger charge is -2.19. The molecule has 2 heterocycles. The van der Waals surface area contributed by atoms with Gasteiger partial charge in [-0.2, -0.15) is 0 Å². The van der Waals surface area contributed by atoms with Crippen LogP contribution in [0, 0.1) is 0 Å². The van der Waals surface area contributed by atoms with Crippen LogP contribution in [-0.2, 0) is 16.6 Å². The molecule has 1 unspecified atom stereocenters. The molecule has 0 aromatic carbocycles. The molecule has 1 aliphatic rings. The van der Waals surface area contributed by atoms with Gasteiger partial charge in [0.15, 0.2) is 0 Å². The van der Waals surface area contributed by atoms with E-state index in [0.717, 1.165) is 30.7 Å². The number of likely N-dealkylation sites (tertiary alicyclic amines) is 1. The van der Waals surface area contributed by atoms with E-state index in [0.29, 0.717) is 11.4 Å². The predicted molar refractivity (Wildman–Crippen MR) is 71.1 cm³/mol. The van der Waals surface area contributed by atoms with Crippen molar-refractivity contribution in [1.29, 1.82) is 0 Å². The van der Waals surface area contributed by atoms with Gasteiger partial charge in [0, 0.05) is 17.5 Å². The SMILES string of the molecule is CN1CCCC1CNS(=O)(=O)c1ccc(CO)s1. The standard InChI is InChI=1S/C11H18N2O3S2/c1-13-6-2-3-9(13)7-12-18(15,16)11-5-4-10(8-14)17-11/h4-5,9,12,14H,2-3,6-8H2,1H3. The lowest BCUT2D eigenvalue weighted by molar-refractivity contribution is 0.285. The van der Waals surface area contributed by atoms with Crippen LogP contribution in [0.1, 0.15) is 17.7 Å². The first-order valence-corrected chi connectivity index (χ1v) is 8.22. The van der Waals surface area contributed by atoms with Gasteiger partial charge in [-0.3, -0.25) is 0 Å². The van der Waals surface area contributed by atoms with Crippen LogP contribution in [0.5, 0.6) is 0 Å². The summed E-state index contributed by atoms with van der Waals surface area (Å²) in [5.74, 6) is 0. The molecule has 0 aliphatic carbocycles. The largest absolute Gasteiger partial charge is 0.391 e. The lowest BCUT2D eigenvalue weighted by atomic mass is 10.2. The molecule has 1 atom stereocenters. The first-order chi connectivity index (χ1) is 8.53. The van der Waals surface area contributed by atoms with E-state index in [1.54, 1.807) is 6.07 Å². The quantitative estimate of drug-likeness (QED) is 0.834. The van der Waals surface area contributed by atoms with Crippen molar-refractivity contribution in [2.45, 2.75) is 29.7 Å². The second kappa shape index (κ2) is 5.66. The molecule has 1 aromatic heterocycles. The average molecular weight is 290 g/mol. The Labute approximate surface area is 111 Å². The van der Waals surface area contributed by atoms with E-state index in [-0.39, 0.29) is 16.9 Å². The molecule has 2 rings (SSSR count). The molecule has 1 aliphatic heterocycles. The third-order valence-electron chi connectivity index (χ3n) is 3.24. The van der Waals surface area contributed by atoms with Crippen LogP contribution in [0.2, 0.25) is 0 Å². The molecule has 102 valence electrons. The van der Waals surface area contributed by atoms with Crippen molar-refractivity contribution < 1.29 is 13.5 Å². The van der Waals surface area contributed by atoms with Gasteiger partial charge in [0.2, 0.25) is 10.0 Å². The van der Waals surface area contributed by atoms with E-state index in [2.05, 4.69) is 9.62 Å². The maximum absolute atomic E-state index is 12.0. The van der Waals surface area contributed by atoms with Gasteiger partial charge >= 0.3 is 0 Å². The molecule has 7 heteroatoms. The zero-order chi connectivity index (χ0) is 13.2. The molecular weight excluding hydrogens is 272 g/mol. The summed E-state index contributed by atoms with van der Waals surface area (Å²) in [6.45, 7) is 1.36. The molecule has 0 spiro atoms.